The summed E-state index contributed by atoms with van der Waals surface area (Å²) < 4.78 is 15.1. The van der Waals surface area contributed by atoms with Crippen molar-refractivity contribution in [1.82, 2.24) is 20.1 Å². The predicted octanol–water partition coefficient (Wildman–Crippen LogP) is 3.33. The number of carbonyl (C=O) groups is 1. The van der Waals surface area contributed by atoms with Crippen LogP contribution in [0.3, 0.4) is 0 Å². The molecule has 24 heavy (non-hydrogen) atoms. The van der Waals surface area contributed by atoms with Gasteiger partial charge in [-0.1, -0.05) is 25.4 Å². The number of nitrogens with one attached hydrogen (secondary N) is 2. The van der Waals surface area contributed by atoms with E-state index in [1.54, 1.807) is 0 Å². The van der Waals surface area contributed by atoms with Crippen LogP contribution in [0.25, 0.3) is 0 Å². The standard InChI is InChI=1S/C16H19ClFN5O/c1-9(2)15-22-21-14-6-4-11(8-23(14)15)19-16(24)20-13-5-3-10(18)7-12(13)17/h3,5,7,9,11H,4,6,8H2,1-2H3,(H2,19,20,24)/t11-/m1/s1. The first-order valence-corrected chi connectivity index (χ1v) is 8.26. The van der Waals surface area contributed by atoms with Crippen molar-refractivity contribution in [2.45, 2.75) is 45.2 Å². The number of rotatable bonds is 3. The number of hydrogen-bond donors (Lipinski definition) is 2. The molecular formula is C16H19ClFN5O. The van der Waals surface area contributed by atoms with E-state index in [4.69, 9.17) is 11.6 Å². The highest BCUT2D eigenvalue weighted by Crippen LogP contribution is 2.23. The molecule has 1 aliphatic heterocycles. The van der Waals surface area contributed by atoms with Crippen LogP contribution in [0, 0.1) is 5.82 Å². The summed E-state index contributed by atoms with van der Waals surface area (Å²) >= 11 is 5.92. The Hall–Kier alpha value is -2.15. The number of halogens is 2. The van der Waals surface area contributed by atoms with Crippen molar-refractivity contribution < 1.29 is 9.18 Å². The molecule has 2 N–H and O–H groups in total. The Kier molecular flexibility index (Phi) is 4.71. The number of aromatic nitrogens is 3. The molecule has 128 valence electrons. The van der Waals surface area contributed by atoms with Crippen molar-refractivity contribution in [1.29, 1.82) is 0 Å². The van der Waals surface area contributed by atoms with Crippen molar-refractivity contribution in [2.24, 2.45) is 0 Å². The molecule has 1 atom stereocenters. The molecule has 0 aliphatic carbocycles. The maximum absolute atomic E-state index is 13.0. The van der Waals surface area contributed by atoms with E-state index in [2.05, 4.69) is 39.2 Å². The van der Waals surface area contributed by atoms with Gasteiger partial charge in [-0.25, -0.2) is 9.18 Å². The third-order valence-corrected chi connectivity index (χ3v) is 4.32. The van der Waals surface area contributed by atoms with Gasteiger partial charge in [-0.15, -0.1) is 10.2 Å². The van der Waals surface area contributed by atoms with Crippen molar-refractivity contribution in [3.63, 3.8) is 0 Å². The maximum Gasteiger partial charge on any atom is 0.319 e. The molecule has 1 aromatic carbocycles. The van der Waals surface area contributed by atoms with Gasteiger partial charge in [0.15, 0.2) is 0 Å². The molecule has 1 aromatic heterocycles. The highest BCUT2D eigenvalue weighted by molar-refractivity contribution is 6.33. The molecular weight excluding hydrogens is 333 g/mol. The highest BCUT2D eigenvalue weighted by atomic mass is 35.5. The number of amides is 2. The second-order valence-electron chi connectivity index (χ2n) is 6.20. The molecule has 6 nitrogen and oxygen atoms in total. The first kappa shape index (κ1) is 16.7. The van der Waals surface area contributed by atoms with Gasteiger partial charge in [0.05, 0.1) is 10.7 Å². The fraction of sp³-hybridized carbons (Fsp3) is 0.438. The SMILES string of the molecule is CC(C)c1nnc2n1C[C@H](NC(=O)Nc1ccc(F)cc1Cl)CC2. The molecule has 2 aromatic rings. The predicted molar refractivity (Wildman–Crippen MR) is 89.8 cm³/mol. The van der Waals surface area contributed by atoms with Crippen LogP contribution >= 0.6 is 11.6 Å². The molecule has 0 saturated carbocycles. The minimum atomic E-state index is -0.445. The third kappa shape index (κ3) is 3.51. The zero-order valence-corrected chi connectivity index (χ0v) is 14.3. The van der Waals surface area contributed by atoms with Gasteiger partial charge in [0.1, 0.15) is 17.5 Å². The van der Waals surface area contributed by atoms with E-state index in [0.29, 0.717) is 12.2 Å². The summed E-state index contributed by atoms with van der Waals surface area (Å²) in [5.41, 5.74) is 0.374. The van der Waals surface area contributed by atoms with Crippen molar-refractivity contribution >= 4 is 23.3 Å². The van der Waals surface area contributed by atoms with E-state index in [0.717, 1.165) is 30.6 Å². The van der Waals surface area contributed by atoms with E-state index < -0.39 is 5.82 Å². The van der Waals surface area contributed by atoms with Crippen LogP contribution in [0.1, 0.15) is 37.8 Å². The van der Waals surface area contributed by atoms with Gasteiger partial charge in [0.2, 0.25) is 0 Å². The fourth-order valence-corrected chi connectivity index (χ4v) is 3.04. The Bertz CT molecular complexity index is 761. The summed E-state index contributed by atoms with van der Waals surface area (Å²) in [6.45, 7) is 4.77. The summed E-state index contributed by atoms with van der Waals surface area (Å²) in [7, 11) is 0. The lowest BCUT2D eigenvalue weighted by Gasteiger charge is -2.26. The van der Waals surface area contributed by atoms with Gasteiger partial charge in [-0.05, 0) is 24.6 Å². The monoisotopic (exact) mass is 351 g/mol. The van der Waals surface area contributed by atoms with Gasteiger partial charge in [0, 0.05) is 24.9 Å². The van der Waals surface area contributed by atoms with Crippen molar-refractivity contribution in [3.8, 4) is 0 Å². The van der Waals surface area contributed by atoms with Crippen molar-refractivity contribution in [2.75, 3.05) is 5.32 Å². The van der Waals surface area contributed by atoms with E-state index in [1.807, 2.05) is 0 Å². The number of fused-ring (bicyclic) bond motifs is 1. The van der Waals surface area contributed by atoms with Gasteiger partial charge < -0.3 is 15.2 Å². The molecule has 0 fully saturated rings. The number of anilines is 1. The summed E-state index contributed by atoms with van der Waals surface area (Å²) in [5.74, 6) is 1.72. The number of benzene rings is 1. The number of carbonyl (C=O) groups excluding carboxylic acids is 1. The molecule has 0 unspecified atom stereocenters. The Labute approximate surface area is 144 Å². The molecule has 3 rings (SSSR count). The lowest BCUT2D eigenvalue weighted by atomic mass is 10.1. The van der Waals surface area contributed by atoms with Crippen LogP contribution in [0.5, 0.6) is 0 Å². The summed E-state index contributed by atoms with van der Waals surface area (Å²) in [6.07, 6.45) is 1.56. The van der Waals surface area contributed by atoms with E-state index in [9.17, 15) is 9.18 Å². The third-order valence-electron chi connectivity index (χ3n) is 4.01. The van der Waals surface area contributed by atoms with Crippen LogP contribution in [-0.2, 0) is 13.0 Å². The number of hydrogen-bond acceptors (Lipinski definition) is 3. The smallest absolute Gasteiger partial charge is 0.319 e. The van der Waals surface area contributed by atoms with Crippen molar-refractivity contribution in [3.05, 3.63) is 40.7 Å². The first-order valence-electron chi connectivity index (χ1n) is 7.88. The molecule has 0 spiro atoms. The Morgan fingerprint density at radius 3 is 2.92 bits per heavy atom. The Morgan fingerprint density at radius 1 is 1.42 bits per heavy atom. The lowest BCUT2D eigenvalue weighted by molar-refractivity contribution is 0.244. The fourth-order valence-electron chi connectivity index (χ4n) is 2.83. The van der Waals surface area contributed by atoms with Crippen LogP contribution in [-0.4, -0.2) is 26.8 Å². The number of nitrogens with zero attached hydrogens (tertiary/aromatic N) is 3. The zero-order valence-electron chi connectivity index (χ0n) is 13.5. The quantitative estimate of drug-likeness (QED) is 0.891. The molecule has 0 radical (unpaired) electrons. The van der Waals surface area contributed by atoms with Crippen LogP contribution < -0.4 is 10.6 Å². The molecule has 2 heterocycles. The van der Waals surface area contributed by atoms with Crippen LogP contribution in [0.4, 0.5) is 14.9 Å². The lowest BCUT2D eigenvalue weighted by Crippen LogP contribution is -2.43. The average molecular weight is 352 g/mol. The van der Waals surface area contributed by atoms with E-state index in [-0.39, 0.29) is 23.0 Å². The number of urea groups is 1. The van der Waals surface area contributed by atoms with Gasteiger partial charge in [-0.3, -0.25) is 0 Å². The van der Waals surface area contributed by atoms with Gasteiger partial charge >= 0.3 is 6.03 Å². The summed E-state index contributed by atoms with van der Waals surface area (Å²) in [4.78, 5) is 12.2. The number of aryl methyl sites for hydroxylation is 1. The van der Waals surface area contributed by atoms with E-state index in [1.165, 1.54) is 12.1 Å². The Balaban J connectivity index is 1.64. The van der Waals surface area contributed by atoms with Crippen LogP contribution in [0.15, 0.2) is 18.2 Å². The summed E-state index contributed by atoms with van der Waals surface area (Å²) in [6, 6.07) is 3.46. The van der Waals surface area contributed by atoms with Crippen LogP contribution in [0.2, 0.25) is 5.02 Å². The van der Waals surface area contributed by atoms with Gasteiger partial charge in [0.25, 0.3) is 0 Å². The largest absolute Gasteiger partial charge is 0.333 e. The molecule has 0 bridgehead atoms. The summed E-state index contributed by atoms with van der Waals surface area (Å²) in [5, 5.41) is 14.2. The average Bonchev–Trinajstić information content (AvgIpc) is 2.93. The Morgan fingerprint density at radius 2 is 2.21 bits per heavy atom. The zero-order chi connectivity index (χ0) is 17.3. The second-order valence-corrected chi connectivity index (χ2v) is 6.61. The highest BCUT2D eigenvalue weighted by Gasteiger charge is 2.25. The maximum atomic E-state index is 13.0. The topological polar surface area (TPSA) is 71.8 Å². The molecule has 8 heteroatoms. The first-order chi connectivity index (χ1) is 11.4. The minimum absolute atomic E-state index is 0.0229. The van der Waals surface area contributed by atoms with E-state index >= 15 is 0 Å². The molecule has 2 amide bonds. The normalized spacial score (nSPS) is 16.8. The second kappa shape index (κ2) is 6.76. The molecule has 0 saturated heterocycles. The minimum Gasteiger partial charge on any atom is -0.333 e. The van der Waals surface area contributed by atoms with Gasteiger partial charge in [-0.2, -0.15) is 0 Å². The molecule has 1 aliphatic rings.